The zero-order chi connectivity index (χ0) is 18.3. The van der Waals surface area contributed by atoms with Crippen LogP contribution in [0.3, 0.4) is 0 Å². The number of likely N-dealkylation sites (tertiary alicyclic amines) is 1. The quantitative estimate of drug-likeness (QED) is 0.799. The summed E-state index contributed by atoms with van der Waals surface area (Å²) in [6.45, 7) is 4.65. The Morgan fingerprint density at radius 1 is 1.19 bits per heavy atom. The molecule has 3 heterocycles. The SMILES string of the molecule is CC(NC(=S)N1C[C@H]2C[C@@H](C1)c1cccc(=O)n1C2)c1ccc(Cl)cc1. The van der Waals surface area contributed by atoms with Crippen LogP contribution in [0.25, 0.3) is 0 Å². The summed E-state index contributed by atoms with van der Waals surface area (Å²) in [5.41, 5.74) is 2.42. The van der Waals surface area contributed by atoms with E-state index in [1.165, 1.54) is 0 Å². The van der Waals surface area contributed by atoms with Crippen LogP contribution in [-0.2, 0) is 6.54 Å². The molecule has 2 aromatic rings. The second-order valence-electron chi connectivity index (χ2n) is 7.33. The van der Waals surface area contributed by atoms with Crippen LogP contribution in [-0.4, -0.2) is 27.7 Å². The first-order chi connectivity index (χ1) is 12.5. The van der Waals surface area contributed by atoms with E-state index in [0.717, 1.165) is 47.4 Å². The standard InChI is InChI=1S/C20H22ClN3OS/c1-13(15-5-7-17(21)8-6-15)22-20(26)23-10-14-9-16(12-23)18-3-2-4-19(25)24(18)11-14/h2-8,13-14,16H,9-12H2,1H3,(H,22,26)/t13?,14-,16+/m1/s1. The minimum Gasteiger partial charge on any atom is -0.356 e. The maximum absolute atomic E-state index is 12.1. The summed E-state index contributed by atoms with van der Waals surface area (Å²) in [6, 6.07) is 13.6. The molecule has 1 N–H and O–H groups in total. The topological polar surface area (TPSA) is 37.3 Å². The zero-order valence-corrected chi connectivity index (χ0v) is 16.3. The van der Waals surface area contributed by atoms with E-state index in [-0.39, 0.29) is 11.6 Å². The van der Waals surface area contributed by atoms with E-state index in [2.05, 4.69) is 23.2 Å². The summed E-state index contributed by atoms with van der Waals surface area (Å²) in [4.78, 5) is 14.4. The molecule has 4 rings (SSSR count). The molecule has 2 bridgehead atoms. The van der Waals surface area contributed by atoms with Crippen molar-refractivity contribution >= 4 is 28.9 Å². The van der Waals surface area contributed by atoms with Crippen molar-refractivity contribution in [1.29, 1.82) is 0 Å². The Morgan fingerprint density at radius 3 is 2.73 bits per heavy atom. The van der Waals surface area contributed by atoms with Gasteiger partial charge in [0.05, 0.1) is 6.04 Å². The van der Waals surface area contributed by atoms with Gasteiger partial charge in [0, 0.05) is 42.3 Å². The molecule has 1 unspecified atom stereocenters. The van der Waals surface area contributed by atoms with Gasteiger partial charge in [-0.05, 0) is 55.2 Å². The predicted molar refractivity (Wildman–Crippen MR) is 109 cm³/mol. The second kappa shape index (κ2) is 7.05. The van der Waals surface area contributed by atoms with Crippen molar-refractivity contribution in [1.82, 2.24) is 14.8 Å². The van der Waals surface area contributed by atoms with Gasteiger partial charge in [0.2, 0.25) is 0 Å². The first-order valence-electron chi connectivity index (χ1n) is 9.02. The lowest BCUT2D eigenvalue weighted by atomic mass is 9.83. The fourth-order valence-electron chi connectivity index (χ4n) is 4.17. The van der Waals surface area contributed by atoms with Crippen molar-refractivity contribution in [3.05, 3.63) is 69.1 Å². The van der Waals surface area contributed by atoms with E-state index in [4.69, 9.17) is 23.8 Å². The molecule has 0 spiro atoms. The summed E-state index contributed by atoms with van der Waals surface area (Å²) in [7, 11) is 0. The minimum absolute atomic E-state index is 0.114. The van der Waals surface area contributed by atoms with Crippen LogP contribution in [0.1, 0.15) is 36.6 Å². The van der Waals surface area contributed by atoms with Crippen molar-refractivity contribution in [3.63, 3.8) is 0 Å². The minimum atomic E-state index is 0.114. The Morgan fingerprint density at radius 2 is 1.96 bits per heavy atom. The Bertz CT molecular complexity index is 879. The molecule has 4 nitrogen and oxygen atoms in total. The number of benzene rings is 1. The number of nitrogens with zero attached hydrogens (tertiary/aromatic N) is 2. The van der Waals surface area contributed by atoms with Crippen LogP contribution in [0.4, 0.5) is 0 Å². The molecule has 1 aromatic heterocycles. The van der Waals surface area contributed by atoms with Gasteiger partial charge < -0.3 is 14.8 Å². The highest BCUT2D eigenvalue weighted by atomic mass is 35.5. The highest BCUT2D eigenvalue weighted by Gasteiger charge is 2.35. The van der Waals surface area contributed by atoms with Crippen LogP contribution in [0.5, 0.6) is 0 Å². The lowest BCUT2D eigenvalue weighted by Crippen LogP contribution is -2.52. The molecule has 2 aliphatic rings. The van der Waals surface area contributed by atoms with E-state index >= 15 is 0 Å². The van der Waals surface area contributed by atoms with E-state index in [0.29, 0.717) is 11.8 Å². The number of hydrogen-bond acceptors (Lipinski definition) is 2. The molecule has 0 saturated carbocycles. The Balaban J connectivity index is 1.47. The first kappa shape index (κ1) is 17.6. The van der Waals surface area contributed by atoms with Crippen LogP contribution >= 0.6 is 23.8 Å². The molecule has 136 valence electrons. The van der Waals surface area contributed by atoms with Crippen LogP contribution in [0.15, 0.2) is 47.3 Å². The molecule has 0 radical (unpaired) electrons. The maximum Gasteiger partial charge on any atom is 0.250 e. The highest BCUT2D eigenvalue weighted by molar-refractivity contribution is 7.80. The molecule has 6 heteroatoms. The number of thiocarbonyl (C=S) groups is 1. The molecule has 1 aromatic carbocycles. The van der Waals surface area contributed by atoms with Crippen molar-refractivity contribution in [2.45, 2.75) is 31.8 Å². The van der Waals surface area contributed by atoms with Crippen molar-refractivity contribution in [2.24, 2.45) is 5.92 Å². The third-order valence-corrected chi connectivity index (χ3v) is 6.10. The Hall–Kier alpha value is -1.85. The summed E-state index contributed by atoms with van der Waals surface area (Å²) < 4.78 is 1.95. The highest BCUT2D eigenvalue weighted by Crippen LogP contribution is 2.35. The molecule has 1 fully saturated rings. The normalized spacial score (nSPS) is 22.5. The Labute approximate surface area is 163 Å². The van der Waals surface area contributed by atoms with E-state index < -0.39 is 0 Å². The van der Waals surface area contributed by atoms with E-state index in [1.54, 1.807) is 6.07 Å². The third kappa shape index (κ3) is 3.38. The summed E-state index contributed by atoms with van der Waals surface area (Å²) in [5, 5.41) is 4.98. The van der Waals surface area contributed by atoms with Gasteiger partial charge in [0.15, 0.2) is 5.11 Å². The molecule has 0 amide bonds. The van der Waals surface area contributed by atoms with Crippen molar-refractivity contribution in [2.75, 3.05) is 13.1 Å². The number of piperidine rings is 1. The molecule has 3 atom stereocenters. The fourth-order valence-corrected chi connectivity index (χ4v) is 4.63. The van der Waals surface area contributed by atoms with E-state index in [9.17, 15) is 4.79 Å². The van der Waals surface area contributed by atoms with Gasteiger partial charge in [0.1, 0.15) is 0 Å². The van der Waals surface area contributed by atoms with Crippen LogP contribution in [0, 0.1) is 5.92 Å². The van der Waals surface area contributed by atoms with Crippen molar-refractivity contribution < 1.29 is 0 Å². The lowest BCUT2D eigenvalue weighted by molar-refractivity contribution is 0.176. The first-order valence-corrected chi connectivity index (χ1v) is 9.80. The molecular weight excluding hydrogens is 366 g/mol. The monoisotopic (exact) mass is 387 g/mol. The average Bonchev–Trinajstić information content (AvgIpc) is 2.63. The van der Waals surface area contributed by atoms with Crippen molar-refractivity contribution in [3.8, 4) is 0 Å². The molecule has 26 heavy (non-hydrogen) atoms. The largest absolute Gasteiger partial charge is 0.356 e. The number of fused-ring (bicyclic) bond motifs is 4. The number of hydrogen-bond donors (Lipinski definition) is 1. The number of aromatic nitrogens is 1. The van der Waals surface area contributed by atoms with Gasteiger partial charge in [-0.3, -0.25) is 4.79 Å². The third-order valence-electron chi connectivity index (χ3n) is 5.48. The van der Waals surface area contributed by atoms with Gasteiger partial charge in [-0.25, -0.2) is 0 Å². The summed E-state index contributed by atoms with van der Waals surface area (Å²) >= 11 is 11.7. The number of rotatable bonds is 2. The lowest BCUT2D eigenvalue weighted by Gasteiger charge is -2.44. The number of nitrogens with one attached hydrogen (secondary N) is 1. The number of halogens is 1. The maximum atomic E-state index is 12.1. The Kier molecular flexibility index (Phi) is 4.76. The smallest absolute Gasteiger partial charge is 0.250 e. The van der Waals surface area contributed by atoms with Crippen LogP contribution in [0.2, 0.25) is 5.02 Å². The van der Waals surface area contributed by atoms with Gasteiger partial charge in [-0.15, -0.1) is 0 Å². The van der Waals surface area contributed by atoms with Crippen LogP contribution < -0.4 is 10.9 Å². The average molecular weight is 388 g/mol. The molecule has 1 saturated heterocycles. The summed E-state index contributed by atoms with van der Waals surface area (Å²) in [5.74, 6) is 0.828. The zero-order valence-electron chi connectivity index (χ0n) is 14.7. The van der Waals surface area contributed by atoms with Gasteiger partial charge >= 0.3 is 0 Å². The van der Waals surface area contributed by atoms with Gasteiger partial charge in [0.25, 0.3) is 5.56 Å². The predicted octanol–water partition coefficient (Wildman–Crippen LogP) is 3.56. The van der Waals surface area contributed by atoms with Gasteiger partial charge in [-0.2, -0.15) is 0 Å². The fraction of sp³-hybridized carbons (Fsp3) is 0.400. The number of pyridine rings is 1. The molecule has 2 aliphatic heterocycles. The van der Waals surface area contributed by atoms with E-state index in [1.807, 2.05) is 34.9 Å². The second-order valence-corrected chi connectivity index (χ2v) is 8.15. The molecular formula is C20H22ClN3OS. The van der Waals surface area contributed by atoms with Gasteiger partial charge in [-0.1, -0.05) is 29.8 Å². The molecule has 0 aliphatic carbocycles. The summed E-state index contributed by atoms with van der Waals surface area (Å²) in [6.07, 6.45) is 1.13.